The number of anilines is 1. The van der Waals surface area contributed by atoms with Gasteiger partial charge in [-0.25, -0.2) is 9.37 Å². The predicted molar refractivity (Wildman–Crippen MR) is 66.4 cm³/mol. The Morgan fingerprint density at radius 3 is 2.89 bits per heavy atom. The zero-order valence-electron chi connectivity index (χ0n) is 10.3. The highest BCUT2D eigenvalue weighted by atomic mass is 19.1. The highest BCUT2D eigenvalue weighted by Crippen LogP contribution is 2.22. The van der Waals surface area contributed by atoms with Crippen LogP contribution in [0.3, 0.4) is 0 Å². The Morgan fingerprint density at radius 2 is 2.28 bits per heavy atom. The molecule has 1 aromatic carbocycles. The van der Waals surface area contributed by atoms with Gasteiger partial charge in [0.2, 0.25) is 0 Å². The molecule has 0 aliphatic rings. The minimum Gasteiger partial charge on any atom is -0.366 e. The Hall–Kier alpha value is -2.35. The summed E-state index contributed by atoms with van der Waals surface area (Å²) in [6.45, 7) is 0.516. The van der Waals surface area contributed by atoms with Gasteiger partial charge in [0, 0.05) is 26.5 Å². The topological polar surface area (TPSA) is 44.9 Å². The van der Waals surface area contributed by atoms with E-state index >= 15 is 0 Å². The molecule has 2 rings (SSSR count). The normalized spacial score (nSPS) is 10.1. The van der Waals surface area contributed by atoms with Crippen molar-refractivity contribution < 1.29 is 4.39 Å². The first-order chi connectivity index (χ1) is 8.63. The fourth-order valence-corrected chi connectivity index (χ4v) is 1.79. The molecule has 2 aromatic rings. The van der Waals surface area contributed by atoms with Crippen LogP contribution in [-0.4, -0.2) is 16.6 Å². The zero-order chi connectivity index (χ0) is 13.1. The molecule has 0 amide bonds. The third-order valence-electron chi connectivity index (χ3n) is 2.81. The van der Waals surface area contributed by atoms with Gasteiger partial charge in [0.15, 0.2) is 0 Å². The van der Waals surface area contributed by atoms with E-state index in [1.807, 2.05) is 35.8 Å². The van der Waals surface area contributed by atoms with Crippen molar-refractivity contribution in [2.45, 2.75) is 6.54 Å². The summed E-state index contributed by atoms with van der Waals surface area (Å²) in [5, 5.41) is 8.99. The molecule has 1 heterocycles. The van der Waals surface area contributed by atoms with Gasteiger partial charge in [-0.3, -0.25) is 0 Å². The Kier molecular flexibility index (Phi) is 3.28. The van der Waals surface area contributed by atoms with Crippen molar-refractivity contribution in [1.29, 1.82) is 5.26 Å². The van der Waals surface area contributed by atoms with Crippen molar-refractivity contribution in [3.63, 3.8) is 0 Å². The molecule has 0 radical (unpaired) electrons. The van der Waals surface area contributed by atoms with E-state index in [0.29, 0.717) is 12.2 Å². The summed E-state index contributed by atoms with van der Waals surface area (Å²) in [6, 6.07) is 6.51. The van der Waals surface area contributed by atoms with Crippen molar-refractivity contribution in [3.05, 3.63) is 47.8 Å². The molecule has 1 aromatic heterocycles. The van der Waals surface area contributed by atoms with Crippen molar-refractivity contribution in [2.75, 3.05) is 11.9 Å². The van der Waals surface area contributed by atoms with Gasteiger partial charge in [0.05, 0.1) is 12.2 Å². The number of benzene rings is 1. The molecule has 0 saturated heterocycles. The summed E-state index contributed by atoms with van der Waals surface area (Å²) in [5.74, 6) is 0.354. The molecule has 0 fully saturated rings. The molecule has 4 nitrogen and oxygen atoms in total. The molecular formula is C13H13FN4. The summed E-state index contributed by atoms with van der Waals surface area (Å²) in [4.78, 5) is 6.01. The second-order valence-corrected chi connectivity index (χ2v) is 4.06. The quantitative estimate of drug-likeness (QED) is 0.830. The molecule has 0 atom stereocenters. The second-order valence-electron chi connectivity index (χ2n) is 4.06. The fraction of sp³-hybridized carbons (Fsp3) is 0.231. The van der Waals surface area contributed by atoms with E-state index < -0.39 is 5.82 Å². The van der Waals surface area contributed by atoms with E-state index in [4.69, 9.17) is 5.26 Å². The Balaban J connectivity index is 2.30. The van der Waals surface area contributed by atoms with Crippen LogP contribution in [0.15, 0.2) is 30.6 Å². The van der Waals surface area contributed by atoms with Crippen molar-refractivity contribution >= 4 is 5.69 Å². The van der Waals surface area contributed by atoms with Crippen LogP contribution in [-0.2, 0) is 13.6 Å². The van der Waals surface area contributed by atoms with Crippen LogP contribution in [0.1, 0.15) is 11.4 Å². The number of rotatable bonds is 3. The largest absolute Gasteiger partial charge is 0.366 e. The maximum atomic E-state index is 13.5. The van der Waals surface area contributed by atoms with Crippen LogP contribution in [0, 0.1) is 17.1 Å². The number of imidazole rings is 1. The molecule has 0 aliphatic heterocycles. The summed E-state index contributed by atoms with van der Waals surface area (Å²) in [5.41, 5.74) is 0.634. The van der Waals surface area contributed by atoms with Gasteiger partial charge in [0.25, 0.3) is 0 Å². The molecule has 92 valence electrons. The summed E-state index contributed by atoms with van der Waals surface area (Å²) < 4.78 is 15.4. The van der Waals surface area contributed by atoms with E-state index in [1.54, 1.807) is 18.3 Å². The highest BCUT2D eigenvalue weighted by molar-refractivity contribution is 5.59. The second kappa shape index (κ2) is 4.88. The zero-order valence-corrected chi connectivity index (χ0v) is 10.3. The van der Waals surface area contributed by atoms with Gasteiger partial charge in [-0.1, -0.05) is 6.07 Å². The number of nitriles is 1. The number of nitrogens with zero attached hydrogens (tertiary/aromatic N) is 4. The van der Waals surface area contributed by atoms with Gasteiger partial charge in [-0.05, 0) is 12.1 Å². The Bertz CT molecular complexity index is 597. The number of aryl methyl sites for hydroxylation is 1. The lowest BCUT2D eigenvalue weighted by atomic mass is 10.1. The summed E-state index contributed by atoms with van der Waals surface area (Å²) >= 11 is 0. The molecule has 0 unspecified atom stereocenters. The van der Waals surface area contributed by atoms with E-state index in [9.17, 15) is 4.39 Å². The van der Waals surface area contributed by atoms with Crippen LogP contribution in [0.2, 0.25) is 0 Å². The smallest absolute Gasteiger partial charge is 0.143 e. The molecule has 0 saturated carbocycles. The molecule has 5 heteroatoms. The average Bonchev–Trinajstić information content (AvgIpc) is 2.74. The van der Waals surface area contributed by atoms with Crippen molar-refractivity contribution in [1.82, 2.24) is 9.55 Å². The van der Waals surface area contributed by atoms with Gasteiger partial charge < -0.3 is 9.47 Å². The SMILES string of the molecule is CN(Cc1nccn1C)c1cccc(F)c1C#N. The lowest BCUT2D eigenvalue weighted by molar-refractivity contribution is 0.622. The minimum atomic E-state index is -0.498. The van der Waals surface area contributed by atoms with Gasteiger partial charge in [-0.15, -0.1) is 0 Å². The van der Waals surface area contributed by atoms with Crippen LogP contribution in [0.4, 0.5) is 10.1 Å². The molecule has 0 spiro atoms. The Labute approximate surface area is 105 Å². The van der Waals surface area contributed by atoms with Gasteiger partial charge in [-0.2, -0.15) is 5.26 Å². The van der Waals surface area contributed by atoms with Gasteiger partial charge >= 0.3 is 0 Å². The third-order valence-corrected chi connectivity index (χ3v) is 2.81. The van der Waals surface area contributed by atoms with Crippen LogP contribution < -0.4 is 4.90 Å². The van der Waals surface area contributed by atoms with E-state index in [2.05, 4.69) is 4.98 Å². The lowest BCUT2D eigenvalue weighted by Gasteiger charge is -2.20. The van der Waals surface area contributed by atoms with Crippen molar-refractivity contribution in [2.24, 2.45) is 7.05 Å². The lowest BCUT2D eigenvalue weighted by Crippen LogP contribution is -2.20. The van der Waals surface area contributed by atoms with Crippen LogP contribution in [0.5, 0.6) is 0 Å². The first kappa shape index (κ1) is 12.1. The van der Waals surface area contributed by atoms with Crippen LogP contribution >= 0.6 is 0 Å². The van der Waals surface area contributed by atoms with Gasteiger partial charge in [0.1, 0.15) is 23.3 Å². The maximum Gasteiger partial charge on any atom is 0.143 e. The number of hydrogen-bond donors (Lipinski definition) is 0. The highest BCUT2D eigenvalue weighted by Gasteiger charge is 2.13. The average molecular weight is 244 g/mol. The number of hydrogen-bond acceptors (Lipinski definition) is 3. The summed E-state index contributed by atoms with van der Waals surface area (Å²) in [6.07, 6.45) is 3.56. The molecular weight excluding hydrogens is 231 g/mol. The van der Waals surface area contributed by atoms with E-state index in [1.165, 1.54) is 6.07 Å². The molecule has 0 aliphatic carbocycles. The monoisotopic (exact) mass is 244 g/mol. The maximum absolute atomic E-state index is 13.5. The van der Waals surface area contributed by atoms with Crippen LogP contribution in [0.25, 0.3) is 0 Å². The predicted octanol–water partition coefficient (Wildman–Crippen LogP) is 2.07. The molecule has 18 heavy (non-hydrogen) atoms. The van der Waals surface area contributed by atoms with E-state index in [0.717, 1.165) is 5.82 Å². The number of aromatic nitrogens is 2. The van der Waals surface area contributed by atoms with Crippen molar-refractivity contribution in [3.8, 4) is 6.07 Å². The first-order valence-electron chi connectivity index (χ1n) is 5.49. The fourth-order valence-electron chi connectivity index (χ4n) is 1.79. The molecule has 0 bridgehead atoms. The van der Waals surface area contributed by atoms with E-state index in [-0.39, 0.29) is 5.56 Å². The minimum absolute atomic E-state index is 0.0641. The third kappa shape index (κ3) is 2.18. The summed E-state index contributed by atoms with van der Waals surface area (Å²) in [7, 11) is 3.71. The first-order valence-corrected chi connectivity index (χ1v) is 5.49. The standard InChI is InChI=1S/C13H13FN4/c1-17-7-6-16-13(17)9-18(2)12-5-3-4-11(14)10(12)8-15/h3-7H,9H2,1-2H3. The molecule has 0 N–H and O–H groups in total. The number of halogens is 1. The Morgan fingerprint density at radius 1 is 1.50 bits per heavy atom.